The molecule has 0 spiro atoms. The van der Waals surface area contributed by atoms with Crippen molar-refractivity contribution in [1.29, 1.82) is 0 Å². The van der Waals surface area contributed by atoms with Crippen LogP contribution in [0.3, 0.4) is 0 Å². The third-order valence-corrected chi connectivity index (χ3v) is 5.72. The van der Waals surface area contributed by atoms with Crippen molar-refractivity contribution >= 4 is 63.7 Å². The first-order valence-corrected chi connectivity index (χ1v) is 11.0. The third-order valence-electron chi connectivity index (χ3n) is 4.15. The first kappa shape index (κ1) is 23.2. The maximum Gasteiger partial charge on any atom is 0.180 e. The first-order valence-electron chi connectivity index (χ1n) is 9.08. The van der Waals surface area contributed by atoms with Crippen LogP contribution in [0, 0.1) is 0 Å². The molecule has 0 radical (unpaired) electrons. The number of anilines is 1. The second-order valence-corrected chi connectivity index (χ2v) is 8.42. The molecule has 3 aromatic carbocycles. The van der Waals surface area contributed by atoms with Crippen LogP contribution in [0.1, 0.15) is 18.1 Å². The minimum atomic E-state index is 0.272. The molecule has 3 nitrogen and oxygen atoms in total. The molecular formula is C22H18Cl5NO2. The Labute approximate surface area is 200 Å². The Bertz CT molecular complexity index is 1040. The van der Waals surface area contributed by atoms with E-state index in [1.165, 1.54) is 0 Å². The van der Waals surface area contributed by atoms with Gasteiger partial charge in [0.05, 0.1) is 32.4 Å². The second kappa shape index (κ2) is 10.7. The molecule has 3 rings (SSSR count). The summed E-state index contributed by atoms with van der Waals surface area (Å²) in [7, 11) is 0. The highest BCUT2D eigenvalue weighted by molar-refractivity contribution is 6.42. The maximum atomic E-state index is 6.50. The molecule has 0 unspecified atom stereocenters. The number of nitrogens with one attached hydrogen (secondary N) is 1. The zero-order chi connectivity index (χ0) is 21.7. The lowest BCUT2D eigenvalue weighted by atomic mass is 10.2. The van der Waals surface area contributed by atoms with Gasteiger partial charge in [0.2, 0.25) is 0 Å². The normalized spacial score (nSPS) is 10.7. The SMILES string of the molecule is CCOc1cc(CNc2ccc(Cl)cc2Cl)cc(Cl)c1OCc1ccc(Cl)c(Cl)c1. The standard InChI is InChI=1S/C22H18Cl5NO2/c1-2-29-21-9-14(11-28-20-6-4-15(23)10-18(20)26)8-19(27)22(21)30-12-13-3-5-16(24)17(25)7-13/h3-10,28H,2,11-12H2,1H3. The van der Waals surface area contributed by atoms with Crippen molar-refractivity contribution in [3.05, 3.63) is 84.8 Å². The number of hydrogen-bond acceptors (Lipinski definition) is 3. The van der Waals surface area contributed by atoms with E-state index in [0.717, 1.165) is 16.8 Å². The Morgan fingerprint density at radius 1 is 0.733 bits per heavy atom. The summed E-state index contributed by atoms with van der Waals surface area (Å²) < 4.78 is 11.7. The van der Waals surface area contributed by atoms with Gasteiger partial charge in [-0.15, -0.1) is 0 Å². The fraction of sp³-hybridized carbons (Fsp3) is 0.182. The van der Waals surface area contributed by atoms with E-state index < -0.39 is 0 Å². The van der Waals surface area contributed by atoms with Gasteiger partial charge in [-0.05, 0) is 60.5 Å². The Hall–Kier alpha value is -1.49. The summed E-state index contributed by atoms with van der Waals surface area (Å²) in [6.07, 6.45) is 0. The van der Waals surface area contributed by atoms with Gasteiger partial charge in [-0.1, -0.05) is 64.1 Å². The average Bonchev–Trinajstić information content (AvgIpc) is 2.69. The lowest BCUT2D eigenvalue weighted by molar-refractivity contribution is 0.269. The Morgan fingerprint density at radius 3 is 2.20 bits per heavy atom. The molecule has 0 aliphatic carbocycles. The molecule has 30 heavy (non-hydrogen) atoms. The molecule has 0 saturated carbocycles. The molecule has 1 N–H and O–H groups in total. The van der Waals surface area contributed by atoms with Crippen LogP contribution in [0.25, 0.3) is 0 Å². The van der Waals surface area contributed by atoms with Gasteiger partial charge >= 0.3 is 0 Å². The molecule has 0 aliphatic rings. The van der Waals surface area contributed by atoms with E-state index in [2.05, 4.69) is 5.32 Å². The van der Waals surface area contributed by atoms with E-state index in [1.54, 1.807) is 24.3 Å². The van der Waals surface area contributed by atoms with Gasteiger partial charge in [-0.2, -0.15) is 0 Å². The van der Waals surface area contributed by atoms with Crippen LogP contribution in [0.2, 0.25) is 25.1 Å². The summed E-state index contributed by atoms with van der Waals surface area (Å²) in [5, 5.41) is 5.80. The van der Waals surface area contributed by atoms with Gasteiger partial charge in [0.25, 0.3) is 0 Å². The number of benzene rings is 3. The Balaban J connectivity index is 1.76. The molecule has 0 atom stereocenters. The van der Waals surface area contributed by atoms with Crippen molar-refractivity contribution < 1.29 is 9.47 Å². The van der Waals surface area contributed by atoms with Crippen LogP contribution >= 0.6 is 58.0 Å². The number of ether oxygens (including phenoxy) is 2. The van der Waals surface area contributed by atoms with E-state index in [0.29, 0.717) is 49.8 Å². The summed E-state index contributed by atoms with van der Waals surface area (Å²) in [4.78, 5) is 0. The van der Waals surface area contributed by atoms with E-state index in [4.69, 9.17) is 67.5 Å². The lowest BCUT2D eigenvalue weighted by Crippen LogP contribution is -2.04. The summed E-state index contributed by atoms with van der Waals surface area (Å²) >= 11 is 30.7. The van der Waals surface area contributed by atoms with Crippen molar-refractivity contribution in [3.8, 4) is 11.5 Å². The van der Waals surface area contributed by atoms with Crippen LogP contribution < -0.4 is 14.8 Å². The highest BCUT2D eigenvalue weighted by atomic mass is 35.5. The maximum absolute atomic E-state index is 6.50. The predicted octanol–water partition coefficient (Wildman–Crippen LogP) is 8.54. The number of halogens is 5. The fourth-order valence-corrected chi connectivity index (χ4v) is 3.83. The minimum absolute atomic E-state index is 0.272. The summed E-state index contributed by atoms with van der Waals surface area (Å²) in [5.74, 6) is 1.03. The zero-order valence-electron chi connectivity index (χ0n) is 15.9. The second-order valence-electron chi connectivity index (χ2n) is 6.35. The largest absolute Gasteiger partial charge is 0.490 e. The molecule has 0 heterocycles. The summed E-state index contributed by atoms with van der Waals surface area (Å²) in [6.45, 7) is 3.14. The van der Waals surface area contributed by atoms with Gasteiger partial charge < -0.3 is 14.8 Å². The lowest BCUT2D eigenvalue weighted by Gasteiger charge is -2.16. The molecule has 0 aliphatic heterocycles. The molecule has 0 amide bonds. The first-order chi connectivity index (χ1) is 14.4. The van der Waals surface area contributed by atoms with Crippen molar-refractivity contribution in [1.82, 2.24) is 0 Å². The Morgan fingerprint density at radius 2 is 1.50 bits per heavy atom. The van der Waals surface area contributed by atoms with E-state index >= 15 is 0 Å². The monoisotopic (exact) mass is 503 g/mol. The number of rotatable bonds is 8. The summed E-state index contributed by atoms with van der Waals surface area (Å²) in [6, 6.07) is 14.3. The third kappa shape index (κ3) is 6.03. The highest BCUT2D eigenvalue weighted by Crippen LogP contribution is 2.38. The summed E-state index contributed by atoms with van der Waals surface area (Å²) in [5.41, 5.74) is 2.55. The van der Waals surface area contributed by atoms with E-state index in [1.807, 2.05) is 31.2 Å². The van der Waals surface area contributed by atoms with Gasteiger partial charge in [0.1, 0.15) is 6.61 Å². The topological polar surface area (TPSA) is 30.5 Å². The predicted molar refractivity (Wildman–Crippen MR) is 127 cm³/mol. The molecule has 3 aromatic rings. The van der Waals surface area contributed by atoms with E-state index in [9.17, 15) is 0 Å². The number of hydrogen-bond donors (Lipinski definition) is 1. The van der Waals surface area contributed by atoms with Crippen LogP contribution in [0.4, 0.5) is 5.69 Å². The average molecular weight is 506 g/mol. The zero-order valence-corrected chi connectivity index (χ0v) is 19.7. The van der Waals surface area contributed by atoms with E-state index in [-0.39, 0.29) is 6.61 Å². The molecule has 0 aromatic heterocycles. The Kier molecular flexibility index (Phi) is 8.27. The fourth-order valence-electron chi connectivity index (χ4n) is 2.74. The van der Waals surface area contributed by atoms with Crippen molar-refractivity contribution in [2.24, 2.45) is 0 Å². The minimum Gasteiger partial charge on any atom is -0.490 e. The van der Waals surface area contributed by atoms with Crippen LogP contribution in [-0.4, -0.2) is 6.61 Å². The van der Waals surface area contributed by atoms with Crippen molar-refractivity contribution in [3.63, 3.8) is 0 Å². The highest BCUT2D eigenvalue weighted by Gasteiger charge is 2.14. The van der Waals surface area contributed by atoms with Crippen molar-refractivity contribution in [2.75, 3.05) is 11.9 Å². The van der Waals surface area contributed by atoms with Gasteiger partial charge in [0, 0.05) is 11.6 Å². The molecule has 0 fully saturated rings. The quantitative estimate of drug-likeness (QED) is 0.333. The molecule has 0 bridgehead atoms. The van der Waals surface area contributed by atoms with Gasteiger partial charge in [-0.3, -0.25) is 0 Å². The van der Waals surface area contributed by atoms with Crippen molar-refractivity contribution in [2.45, 2.75) is 20.1 Å². The van der Waals surface area contributed by atoms with Gasteiger partial charge in [-0.25, -0.2) is 0 Å². The van der Waals surface area contributed by atoms with Crippen LogP contribution in [-0.2, 0) is 13.2 Å². The smallest absolute Gasteiger partial charge is 0.180 e. The molecule has 158 valence electrons. The van der Waals surface area contributed by atoms with Gasteiger partial charge in [0.15, 0.2) is 11.5 Å². The molecular weight excluding hydrogens is 488 g/mol. The molecule has 8 heteroatoms. The van der Waals surface area contributed by atoms with Crippen LogP contribution in [0.5, 0.6) is 11.5 Å². The molecule has 0 saturated heterocycles. The van der Waals surface area contributed by atoms with Crippen LogP contribution in [0.15, 0.2) is 48.5 Å².